The highest BCUT2D eigenvalue weighted by atomic mass is 35.5. The SMILES string of the molecule is COc1ccc(Cl)cc1N1C(=O)C(Cl)=C(Nc2ccc(C(=O)N3CCN(c4ccccc4)CC3)cc2)C1=O. The van der Waals surface area contributed by atoms with Crippen molar-refractivity contribution in [2.45, 2.75) is 0 Å². The highest BCUT2D eigenvalue weighted by molar-refractivity contribution is 6.53. The number of hydrogen-bond acceptors (Lipinski definition) is 6. The van der Waals surface area contributed by atoms with Gasteiger partial charge in [0.2, 0.25) is 0 Å². The van der Waals surface area contributed by atoms with E-state index in [9.17, 15) is 14.4 Å². The van der Waals surface area contributed by atoms with E-state index in [-0.39, 0.29) is 22.3 Å². The van der Waals surface area contributed by atoms with Gasteiger partial charge in [-0.2, -0.15) is 0 Å². The summed E-state index contributed by atoms with van der Waals surface area (Å²) in [7, 11) is 1.43. The molecule has 2 aliphatic rings. The summed E-state index contributed by atoms with van der Waals surface area (Å²) in [5, 5.41) is 3.00. The van der Waals surface area contributed by atoms with Gasteiger partial charge < -0.3 is 19.9 Å². The Hall–Kier alpha value is -4.01. The van der Waals surface area contributed by atoms with Crippen LogP contribution in [0.5, 0.6) is 5.75 Å². The molecule has 0 unspecified atom stereocenters. The fraction of sp³-hybridized carbons (Fsp3) is 0.179. The highest BCUT2D eigenvalue weighted by Gasteiger charge is 2.40. The van der Waals surface area contributed by atoms with Crippen LogP contribution in [0.1, 0.15) is 10.4 Å². The summed E-state index contributed by atoms with van der Waals surface area (Å²) >= 11 is 12.3. The predicted octanol–water partition coefficient (Wildman–Crippen LogP) is 4.75. The fourth-order valence-corrected chi connectivity index (χ4v) is 4.88. The van der Waals surface area contributed by atoms with Crippen LogP contribution in [0.3, 0.4) is 0 Å². The van der Waals surface area contributed by atoms with Gasteiger partial charge in [-0.15, -0.1) is 0 Å². The van der Waals surface area contributed by atoms with Crippen LogP contribution < -0.4 is 19.9 Å². The van der Waals surface area contributed by atoms with E-state index in [0.717, 1.165) is 23.7 Å². The second-order valence-corrected chi connectivity index (χ2v) is 9.58. The van der Waals surface area contributed by atoms with Crippen LogP contribution in [0, 0.1) is 0 Å². The molecule has 5 rings (SSSR count). The Morgan fingerprint density at radius 3 is 2.21 bits per heavy atom. The molecule has 0 atom stereocenters. The normalized spacial score (nSPS) is 15.8. The quantitative estimate of drug-likeness (QED) is 0.446. The number of benzene rings is 3. The molecule has 1 saturated heterocycles. The molecule has 10 heteroatoms. The molecule has 194 valence electrons. The molecule has 2 aliphatic heterocycles. The number of amides is 3. The fourth-order valence-electron chi connectivity index (χ4n) is 4.50. The van der Waals surface area contributed by atoms with Crippen molar-refractivity contribution in [1.29, 1.82) is 0 Å². The Morgan fingerprint density at radius 1 is 0.868 bits per heavy atom. The Balaban J connectivity index is 1.25. The first-order valence-electron chi connectivity index (χ1n) is 12.0. The summed E-state index contributed by atoms with van der Waals surface area (Å²) in [4.78, 5) is 44.1. The van der Waals surface area contributed by atoms with Crippen LogP contribution in [0.15, 0.2) is 83.5 Å². The summed E-state index contributed by atoms with van der Waals surface area (Å²) in [6.45, 7) is 2.75. The van der Waals surface area contributed by atoms with Crippen LogP contribution >= 0.6 is 23.2 Å². The topological polar surface area (TPSA) is 82.2 Å². The molecule has 0 aromatic heterocycles. The molecule has 1 fully saturated rings. The van der Waals surface area contributed by atoms with Crippen molar-refractivity contribution >= 4 is 58.0 Å². The van der Waals surface area contributed by atoms with E-state index in [2.05, 4.69) is 22.3 Å². The van der Waals surface area contributed by atoms with Gasteiger partial charge in [-0.3, -0.25) is 14.4 Å². The first kappa shape index (κ1) is 25.6. The molecule has 3 aromatic rings. The molecule has 2 heterocycles. The molecule has 0 bridgehead atoms. The lowest BCUT2D eigenvalue weighted by Gasteiger charge is -2.36. The number of halogens is 2. The minimum atomic E-state index is -0.693. The van der Waals surface area contributed by atoms with E-state index >= 15 is 0 Å². The average Bonchev–Trinajstić information content (AvgIpc) is 3.16. The monoisotopic (exact) mass is 550 g/mol. The zero-order chi connectivity index (χ0) is 26.8. The third kappa shape index (κ3) is 4.92. The van der Waals surface area contributed by atoms with Crippen molar-refractivity contribution in [1.82, 2.24) is 4.90 Å². The Morgan fingerprint density at radius 2 is 1.55 bits per heavy atom. The number of piperazine rings is 1. The lowest BCUT2D eigenvalue weighted by Crippen LogP contribution is -2.48. The second-order valence-electron chi connectivity index (χ2n) is 8.77. The van der Waals surface area contributed by atoms with Gasteiger partial charge in [-0.05, 0) is 54.6 Å². The number of anilines is 3. The average molecular weight is 551 g/mol. The summed E-state index contributed by atoms with van der Waals surface area (Å²) in [6.07, 6.45) is 0. The maximum absolute atomic E-state index is 13.2. The zero-order valence-electron chi connectivity index (χ0n) is 20.5. The molecular formula is C28H24Cl2N4O4. The van der Waals surface area contributed by atoms with Crippen LogP contribution in [0.4, 0.5) is 17.1 Å². The molecule has 0 radical (unpaired) electrons. The molecule has 8 nitrogen and oxygen atoms in total. The van der Waals surface area contributed by atoms with Crippen LogP contribution in [0.25, 0.3) is 0 Å². The molecule has 0 saturated carbocycles. The lowest BCUT2D eigenvalue weighted by atomic mass is 10.1. The largest absolute Gasteiger partial charge is 0.495 e. The van der Waals surface area contributed by atoms with E-state index in [1.807, 2.05) is 23.1 Å². The maximum atomic E-state index is 13.2. The van der Waals surface area contributed by atoms with Gasteiger partial charge >= 0.3 is 0 Å². The van der Waals surface area contributed by atoms with Crippen molar-refractivity contribution in [3.8, 4) is 5.75 Å². The van der Waals surface area contributed by atoms with Gasteiger partial charge in [-0.25, -0.2) is 4.90 Å². The third-order valence-corrected chi connectivity index (χ3v) is 7.08. The highest BCUT2D eigenvalue weighted by Crippen LogP contribution is 2.37. The van der Waals surface area contributed by atoms with E-state index in [1.54, 1.807) is 36.4 Å². The van der Waals surface area contributed by atoms with E-state index in [4.69, 9.17) is 27.9 Å². The standard InChI is InChI=1S/C28H24Cl2N4O4/c1-38-23-12-9-19(29)17-22(23)34-27(36)24(30)25(28(34)37)31-20-10-7-18(8-11-20)26(35)33-15-13-32(14-16-33)21-5-3-2-4-6-21/h2-12,17,31H,13-16H2,1H3. The summed E-state index contributed by atoms with van der Waals surface area (Å²) in [5.41, 5.74) is 2.30. The van der Waals surface area contributed by atoms with E-state index in [0.29, 0.717) is 35.1 Å². The van der Waals surface area contributed by atoms with Gasteiger partial charge in [0.05, 0.1) is 12.8 Å². The first-order chi connectivity index (χ1) is 18.4. The van der Waals surface area contributed by atoms with Gasteiger partial charge in [-0.1, -0.05) is 41.4 Å². The van der Waals surface area contributed by atoms with Crippen LogP contribution in [-0.4, -0.2) is 55.9 Å². The maximum Gasteiger partial charge on any atom is 0.283 e. The number of rotatable bonds is 6. The lowest BCUT2D eigenvalue weighted by molar-refractivity contribution is -0.120. The van der Waals surface area contributed by atoms with Crippen LogP contribution in [-0.2, 0) is 9.59 Å². The molecule has 1 N–H and O–H groups in total. The number of imide groups is 1. The summed E-state index contributed by atoms with van der Waals surface area (Å²) in [5.74, 6) is -1.10. The van der Waals surface area contributed by atoms with Crippen molar-refractivity contribution < 1.29 is 19.1 Å². The van der Waals surface area contributed by atoms with Crippen molar-refractivity contribution in [2.75, 3.05) is 48.4 Å². The first-order valence-corrected chi connectivity index (χ1v) is 12.7. The Labute approximate surface area is 230 Å². The molecule has 3 aromatic carbocycles. The number of methoxy groups -OCH3 is 1. The van der Waals surface area contributed by atoms with E-state index in [1.165, 1.54) is 13.2 Å². The minimum absolute atomic E-state index is 0.0622. The predicted molar refractivity (Wildman–Crippen MR) is 148 cm³/mol. The number of nitrogens with one attached hydrogen (secondary N) is 1. The molecule has 0 spiro atoms. The van der Waals surface area contributed by atoms with E-state index < -0.39 is 11.8 Å². The number of carbonyl (C=O) groups excluding carboxylic acids is 3. The number of nitrogens with zero attached hydrogens (tertiary/aromatic N) is 3. The molecule has 38 heavy (non-hydrogen) atoms. The van der Waals surface area contributed by atoms with Gasteiger partial charge in [0, 0.05) is 48.1 Å². The van der Waals surface area contributed by atoms with Crippen molar-refractivity contribution in [3.05, 3.63) is 94.1 Å². The number of para-hydroxylation sites is 1. The number of hydrogen-bond donors (Lipinski definition) is 1. The Bertz CT molecular complexity index is 1420. The minimum Gasteiger partial charge on any atom is -0.495 e. The number of carbonyl (C=O) groups is 3. The molecule has 0 aliphatic carbocycles. The third-order valence-electron chi connectivity index (χ3n) is 6.50. The van der Waals surface area contributed by atoms with Gasteiger partial charge in [0.25, 0.3) is 17.7 Å². The van der Waals surface area contributed by atoms with Crippen LogP contribution in [0.2, 0.25) is 5.02 Å². The van der Waals surface area contributed by atoms with Gasteiger partial charge in [0.1, 0.15) is 16.5 Å². The van der Waals surface area contributed by atoms with Gasteiger partial charge in [0.15, 0.2) is 0 Å². The zero-order valence-corrected chi connectivity index (χ0v) is 22.0. The smallest absolute Gasteiger partial charge is 0.283 e. The van der Waals surface area contributed by atoms with Crippen molar-refractivity contribution in [2.24, 2.45) is 0 Å². The number of ether oxygens (including phenoxy) is 1. The molecule has 3 amide bonds. The summed E-state index contributed by atoms with van der Waals surface area (Å²) in [6, 6.07) is 21.5. The Kier molecular flexibility index (Phi) is 7.26. The summed E-state index contributed by atoms with van der Waals surface area (Å²) < 4.78 is 5.29. The van der Waals surface area contributed by atoms with Crippen molar-refractivity contribution in [3.63, 3.8) is 0 Å². The molecular weight excluding hydrogens is 527 g/mol. The second kappa shape index (κ2) is 10.8.